The smallest absolute Gasteiger partial charge is 0.126 e. The number of piperidine rings is 1. The SMILES string of the molecule is CC[C@@H]1CCCC[NH+]1C[C@H](O)COCc1ccccc1Cl. The zero-order valence-corrected chi connectivity index (χ0v) is 13.6. The van der Waals surface area contributed by atoms with E-state index >= 15 is 0 Å². The summed E-state index contributed by atoms with van der Waals surface area (Å²) < 4.78 is 5.62. The fourth-order valence-corrected chi connectivity index (χ4v) is 3.38. The Kier molecular flexibility index (Phi) is 6.97. The van der Waals surface area contributed by atoms with Crippen molar-refractivity contribution < 1.29 is 14.7 Å². The third-order valence-electron chi connectivity index (χ3n) is 4.39. The molecule has 118 valence electrons. The number of halogens is 1. The summed E-state index contributed by atoms with van der Waals surface area (Å²) in [6.07, 6.45) is 4.71. The van der Waals surface area contributed by atoms with E-state index in [2.05, 4.69) is 6.92 Å². The van der Waals surface area contributed by atoms with Crippen molar-refractivity contribution >= 4 is 11.6 Å². The van der Waals surface area contributed by atoms with E-state index in [1.807, 2.05) is 24.3 Å². The van der Waals surface area contributed by atoms with Gasteiger partial charge in [0.25, 0.3) is 0 Å². The van der Waals surface area contributed by atoms with Gasteiger partial charge in [-0.25, -0.2) is 0 Å². The van der Waals surface area contributed by atoms with Gasteiger partial charge in [-0.3, -0.25) is 0 Å². The number of ether oxygens (including phenoxy) is 1. The molecule has 0 spiro atoms. The van der Waals surface area contributed by atoms with Crippen molar-refractivity contribution in [3.63, 3.8) is 0 Å². The zero-order chi connectivity index (χ0) is 15.1. The topological polar surface area (TPSA) is 33.9 Å². The first-order chi connectivity index (χ1) is 10.2. The number of hydrogen-bond donors (Lipinski definition) is 2. The van der Waals surface area contributed by atoms with E-state index < -0.39 is 6.10 Å². The van der Waals surface area contributed by atoms with Gasteiger partial charge in [-0.1, -0.05) is 36.7 Å². The van der Waals surface area contributed by atoms with Gasteiger partial charge in [0.05, 0.1) is 25.8 Å². The van der Waals surface area contributed by atoms with Crippen LogP contribution < -0.4 is 4.90 Å². The highest BCUT2D eigenvalue weighted by Crippen LogP contribution is 2.15. The Bertz CT molecular complexity index is 427. The molecule has 4 heteroatoms. The maximum Gasteiger partial charge on any atom is 0.126 e. The van der Waals surface area contributed by atoms with Crippen LogP contribution in [0.4, 0.5) is 0 Å². The van der Waals surface area contributed by atoms with Crippen molar-refractivity contribution in [2.45, 2.75) is 51.4 Å². The number of benzene rings is 1. The van der Waals surface area contributed by atoms with E-state index in [4.69, 9.17) is 16.3 Å². The molecule has 1 heterocycles. The molecule has 0 radical (unpaired) electrons. The van der Waals surface area contributed by atoms with Crippen LogP contribution in [0.15, 0.2) is 24.3 Å². The molecule has 1 aromatic carbocycles. The summed E-state index contributed by atoms with van der Waals surface area (Å²) in [6.45, 7) is 5.06. The quantitative estimate of drug-likeness (QED) is 0.808. The molecule has 0 aromatic heterocycles. The number of nitrogens with one attached hydrogen (secondary N) is 1. The highest BCUT2D eigenvalue weighted by atomic mass is 35.5. The van der Waals surface area contributed by atoms with E-state index in [0.717, 1.165) is 17.1 Å². The van der Waals surface area contributed by atoms with Crippen LogP contribution in [0.25, 0.3) is 0 Å². The van der Waals surface area contributed by atoms with Gasteiger partial charge in [-0.05, 0) is 37.3 Å². The molecule has 1 aliphatic heterocycles. The van der Waals surface area contributed by atoms with Crippen LogP contribution in [0, 0.1) is 0 Å². The van der Waals surface area contributed by atoms with Crippen LogP contribution in [0.3, 0.4) is 0 Å². The second kappa shape index (κ2) is 8.74. The number of likely N-dealkylation sites (tertiary alicyclic amines) is 1. The van der Waals surface area contributed by atoms with E-state index in [1.54, 1.807) is 0 Å². The van der Waals surface area contributed by atoms with Gasteiger partial charge in [-0.15, -0.1) is 0 Å². The normalized spacial score (nSPS) is 24.0. The molecule has 1 fully saturated rings. The lowest BCUT2D eigenvalue weighted by atomic mass is 10.00. The molecule has 1 saturated heterocycles. The molecule has 0 aliphatic carbocycles. The van der Waals surface area contributed by atoms with Gasteiger partial charge >= 0.3 is 0 Å². The Balaban J connectivity index is 1.72. The van der Waals surface area contributed by atoms with Crippen molar-refractivity contribution in [1.29, 1.82) is 0 Å². The summed E-state index contributed by atoms with van der Waals surface area (Å²) in [7, 11) is 0. The minimum absolute atomic E-state index is 0.380. The van der Waals surface area contributed by atoms with Gasteiger partial charge in [0, 0.05) is 5.02 Å². The Hall–Kier alpha value is -0.610. The Morgan fingerprint density at radius 2 is 2.19 bits per heavy atom. The maximum absolute atomic E-state index is 10.2. The summed E-state index contributed by atoms with van der Waals surface area (Å²) in [6, 6.07) is 8.38. The minimum Gasteiger partial charge on any atom is -0.385 e. The van der Waals surface area contributed by atoms with Crippen molar-refractivity contribution in [2.75, 3.05) is 19.7 Å². The van der Waals surface area contributed by atoms with Gasteiger partial charge in [-0.2, -0.15) is 0 Å². The standard InChI is InChI=1S/C17H26ClNO2/c1-2-15-8-5-6-10-19(15)11-16(20)13-21-12-14-7-3-4-9-17(14)18/h3-4,7,9,15-16,20H,2,5-6,8,10-13H2,1H3/p+1/t15-,16+/m1/s1. The largest absolute Gasteiger partial charge is 0.385 e. The molecule has 0 saturated carbocycles. The van der Waals surface area contributed by atoms with E-state index in [1.165, 1.54) is 37.1 Å². The lowest BCUT2D eigenvalue weighted by Gasteiger charge is -2.33. The van der Waals surface area contributed by atoms with E-state index in [9.17, 15) is 5.11 Å². The van der Waals surface area contributed by atoms with Gasteiger partial charge < -0.3 is 14.7 Å². The third-order valence-corrected chi connectivity index (χ3v) is 4.76. The van der Waals surface area contributed by atoms with Crippen LogP contribution >= 0.6 is 11.6 Å². The number of aliphatic hydroxyl groups excluding tert-OH is 1. The highest BCUT2D eigenvalue weighted by molar-refractivity contribution is 6.31. The molecule has 2 rings (SSSR count). The van der Waals surface area contributed by atoms with Gasteiger partial charge in [0.15, 0.2) is 0 Å². The molecule has 3 atom stereocenters. The fraction of sp³-hybridized carbons (Fsp3) is 0.647. The first-order valence-corrected chi connectivity index (χ1v) is 8.42. The second-order valence-corrected chi connectivity index (χ2v) is 6.38. The third kappa shape index (κ3) is 5.26. The molecule has 0 amide bonds. The lowest BCUT2D eigenvalue weighted by molar-refractivity contribution is -0.933. The summed E-state index contributed by atoms with van der Waals surface area (Å²) in [5.74, 6) is 0. The second-order valence-electron chi connectivity index (χ2n) is 5.97. The lowest BCUT2D eigenvalue weighted by Crippen LogP contribution is -3.17. The van der Waals surface area contributed by atoms with Crippen molar-refractivity contribution in [1.82, 2.24) is 0 Å². The predicted octanol–water partition coefficient (Wildman–Crippen LogP) is 2.06. The van der Waals surface area contributed by atoms with Crippen molar-refractivity contribution in [2.24, 2.45) is 0 Å². The molecular weight excluding hydrogens is 286 g/mol. The van der Waals surface area contributed by atoms with Gasteiger partial charge in [0.1, 0.15) is 12.6 Å². The van der Waals surface area contributed by atoms with Crippen LogP contribution in [0.5, 0.6) is 0 Å². The first-order valence-electron chi connectivity index (χ1n) is 8.04. The molecule has 0 bridgehead atoms. The minimum atomic E-state index is -0.394. The molecule has 2 N–H and O–H groups in total. The fourth-order valence-electron chi connectivity index (χ4n) is 3.19. The molecule has 1 aromatic rings. The average molecular weight is 313 g/mol. The molecule has 21 heavy (non-hydrogen) atoms. The Morgan fingerprint density at radius 1 is 1.38 bits per heavy atom. The monoisotopic (exact) mass is 312 g/mol. The number of rotatable bonds is 7. The predicted molar refractivity (Wildman–Crippen MR) is 85.7 cm³/mol. The van der Waals surface area contributed by atoms with E-state index in [0.29, 0.717) is 19.3 Å². The maximum atomic E-state index is 10.2. The Morgan fingerprint density at radius 3 is 2.95 bits per heavy atom. The van der Waals surface area contributed by atoms with Gasteiger partial charge in [0.2, 0.25) is 0 Å². The van der Waals surface area contributed by atoms with E-state index in [-0.39, 0.29) is 0 Å². The summed E-state index contributed by atoms with van der Waals surface area (Å²) >= 11 is 6.09. The zero-order valence-electron chi connectivity index (χ0n) is 12.9. The molecule has 3 nitrogen and oxygen atoms in total. The Labute approximate surface area is 132 Å². The summed E-state index contributed by atoms with van der Waals surface area (Å²) in [5.41, 5.74) is 0.975. The molecule has 1 aliphatic rings. The average Bonchev–Trinajstić information content (AvgIpc) is 2.50. The number of hydrogen-bond acceptors (Lipinski definition) is 2. The molecular formula is C17H27ClNO2+. The van der Waals surface area contributed by atoms with Crippen LogP contribution in [-0.4, -0.2) is 36.9 Å². The van der Waals surface area contributed by atoms with Crippen LogP contribution in [0.2, 0.25) is 5.02 Å². The molecule has 1 unspecified atom stereocenters. The summed E-state index contributed by atoms with van der Waals surface area (Å²) in [5, 5.41) is 10.9. The van der Waals surface area contributed by atoms with Crippen LogP contribution in [0.1, 0.15) is 38.2 Å². The first kappa shape index (κ1) is 16.8. The summed E-state index contributed by atoms with van der Waals surface area (Å²) in [4.78, 5) is 1.54. The number of aliphatic hydroxyl groups is 1. The van der Waals surface area contributed by atoms with Crippen molar-refractivity contribution in [3.05, 3.63) is 34.9 Å². The highest BCUT2D eigenvalue weighted by Gasteiger charge is 2.26. The van der Waals surface area contributed by atoms with Crippen LogP contribution in [-0.2, 0) is 11.3 Å². The number of quaternary nitrogens is 1. The van der Waals surface area contributed by atoms with Crippen molar-refractivity contribution in [3.8, 4) is 0 Å².